The van der Waals surface area contributed by atoms with E-state index in [1.54, 1.807) is 6.07 Å². The van der Waals surface area contributed by atoms with Crippen molar-refractivity contribution in [3.8, 4) is 17.1 Å². The van der Waals surface area contributed by atoms with Crippen LogP contribution in [0.1, 0.15) is 12.8 Å². The molecule has 1 amide bonds. The predicted octanol–water partition coefficient (Wildman–Crippen LogP) is 2.05. The second-order valence-corrected chi connectivity index (χ2v) is 5.04. The molecule has 1 saturated carbocycles. The van der Waals surface area contributed by atoms with Crippen LogP contribution in [0.15, 0.2) is 42.5 Å². The highest BCUT2D eigenvalue weighted by Gasteiger charge is 2.28. The van der Waals surface area contributed by atoms with E-state index in [0.717, 1.165) is 24.1 Å². The van der Waals surface area contributed by atoms with Crippen molar-refractivity contribution in [2.75, 3.05) is 13.2 Å². The molecule has 1 fully saturated rings. The molecule has 1 N–H and O–H groups in total. The molecular formula is C16H17N3O2. The first-order valence-electron chi connectivity index (χ1n) is 7.12. The largest absolute Gasteiger partial charge is 0.475 e. The Morgan fingerprint density at radius 3 is 2.62 bits per heavy atom. The van der Waals surface area contributed by atoms with Crippen LogP contribution in [0.5, 0.6) is 5.88 Å². The second-order valence-electron chi connectivity index (χ2n) is 5.04. The number of amides is 1. The molecule has 5 heteroatoms. The summed E-state index contributed by atoms with van der Waals surface area (Å²) >= 11 is 0. The van der Waals surface area contributed by atoms with E-state index < -0.39 is 0 Å². The molecule has 0 atom stereocenters. The van der Waals surface area contributed by atoms with Gasteiger partial charge in [0.05, 0.1) is 12.2 Å². The monoisotopic (exact) mass is 283 g/mol. The first kappa shape index (κ1) is 13.5. The smallest absolute Gasteiger partial charge is 0.233 e. The van der Waals surface area contributed by atoms with Gasteiger partial charge in [0.25, 0.3) is 0 Å². The molecule has 1 heterocycles. The Balaban J connectivity index is 1.47. The van der Waals surface area contributed by atoms with E-state index in [1.165, 1.54) is 0 Å². The zero-order chi connectivity index (χ0) is 14.5. The Kier molecular flexibility index (Phi) is 4.09. The van der Waals surface area contributed by atoms with Gasteiger partial charge in [0, 0.05) is 17.5 Å². The maximum atomic E-state index is 11.4. The van der Waals surface area contributed by atoms with Gasteiger partial charge in [-0.3, -0.25) is 4.79 Å². The summed E-state index contributed by atoms with van der Waals surface area (Å²) in [7, 11) is 0. The lowest BCUT2D eigenvalue weighted by Gasteiger charge is -2.06. The molecule has 1 aromatic heterocycles. The lowest BCUT2D eigenvalue weighted by molar-refractivity contribution is -0.122. The third kappa shape index (κ3) is 3.78. The maximum Gasteiger partial charge on any atom is 0.233 e. The van der Waals surface area contributed by atoms with Gasteiger partial charge in [-0.2, -0.15) is 0 Å². The quantitative estimate of drug-likeness (QED) is 0.824. The molecule has 1 aliphatic carbocycles. The van der Waals surface area contributed by atoms with Gasteiger partial charge in [-0.15, -0.1) is 10.2 Å². The molecule has 108 valence electrons. The topological polar surface area (TPSA) is 64.1 Å². The third-order valence-electron chi connectivity index (χ3n) is 3.31. The molecule has 0 spiro atoms. The third-order valence-corrected chi connectivity index (χ3v) is 3.31. The Morgan fingerprint density at radius 2 is 1.95 bits per heavy atom. The van der Waals surface area contributed by atoms with Crippen LogP contribution in [0.25, 0.3) is 11.3 Å². The Hall–Kier alpha value is -2.43. The van der Waals surface area contributed by atoms with E-state index in [4.69, 9.17) is 4.74 Å². The van der Waals surface area contributed by atoms with Crippen molar-refractivity contribution < 1.29 is 9.53 Å². The second kappa shape index (κ2) is 6.35. The molecule has 0 radical (unpaired) electrons. The molecule has 1 aliphatic rings. The normalized spacial score (nSPS) is 13.7. The summed E-state index contributed by atoms with van der Waals surface area (Å²) in [6.07, 6.45) is 2.03. The van der Waals surface area contributed by atoms with Gasteiger partial charge < -0.3 is 10.1 Å². The van der Waals surface area contributed by atoms with E-state index in [2.05, 4.69) is 15.5 Å². The summed E-state index contributed by atoms with van der Waals surface area (Å²) in [5.41, 5.74) is 1.83. The average Bonchev–Trinajstić information content (AvgIpc) is 3.38. The first-order chi connectivity index (χ1) is 10.3. The van der Waals surface area contributed by atoms with Gasteiger partial charge in [-0.05, 0) is 18.9 Å². The number of aromatic nitrogens is 2. The van der Waals surface area contributed by atoms with Crippen molar-refractivity contribution >= 4 is 5.91 Å². The van der Waals surface area contributed by atoms with Crippen LogP contribution in [-0.4, -0.2) is 29.3 Å². The highest BCUT2D eigenvalue weighted by Crippen LogP contribution is 2.28. The predicted molar refractivity (Wildman–Crippen MR) is 78.7 cm³/mol. The van der Waals surface area contributed by atoms with E-state index in [-0.39, 0.29) is 11.8 Å². The molecule has 0 bridgehead atoms. The number of benzene rings is 1. The Bertz CT molecular complexity index is 595. The Morgan fingerprint density at radius 1 is 1.14 bits per heavy atom. The molecule has 3 rings (SSSR count). The van der Waals surface area contributed by atoms with Crippen LogP contribution in [0.3, 0.4) is 0 Å². The zero-order valence-corrected chi connectivity index (χ0v) is 11.7. The summed E-state index contributed by atoms with van der Waals surface area (Å²) in [5, 5.41) is 11.0. The number of nitrogens with zero attached hydrogens (tertiary/aromatic N) is 2. The van der Waals surface area contributed by atoms with Crippen LogP contribution in [0.2, 0.25) is 0 Å². The highest BCUT2D eigenvalue weighted by molar-refractivity contribution is 5.80. The van der Waals surface area contributed by atoms with Crippen molar-refractivity contribution in [1.82, 2.24) is 15.5 Å². The summed E-state index contributed by atoms with van der Waals surface area (Å²) in [5.74, 6) is 0.828. The standard InChI is InChI=1S/C16H17N3O2/c20-16(13-6-7-13)17-10-11-21-15-9-8-14(18-19-15)12-4-2-1-3-5-12/h1-5,8-9,13H,6-7,10-11H2,(H,17,20). The van der Waals surface area contributed by atoms with Crippen molar-refractivity contribution in [1.29, 1.82) is 0 Å². The van der Waals surface area contributed by atoms with Gasteiger partial charge >= 0.3 is 0 Å². The van der Waals surface area contributed by atoms with Gasteiger partial charge in [0.2, 0.25) is 11.8 Å². The molecule has 0 saturated heterocycles. The number of hydrogen-bond donors (Lipinski definition) is 1. The van der Waals surface area contributed by atoms with E-state index in [9.17, 15) is 4.79 Å². The molecule has 2 aromatic rings. The number of carbonyl (C=O) groups is 1. The van der Waals surface area contributed by atoms with E-state index >= 15 is 0 Å². The van der Waals surface area contributed by atoms with Crippen molar-refractivity contribution in [3.05, 3.63) is 42.5 Å². The SMILES string of the molecule is O=C(NCCOc1ccc(-c2ccccc2)nn1)C1CC1. The summed E-state index contributed by atoms with van der Waals surface area (Å²) in [6.45, 7) is 0.898. The fourth-order valence-corrected chi connectivity index (χ4v) is 1.98. The first-order valence-corrected chi connectivity index (χ1v) is 7.12. The fraction of sp³-hybridized carbons (Fsp3) is 0.312. The number of hydrogen-bond acceptors (Lipinski definition) is 4. The van der Waals surface area contributed by atoms with Crippen LogP contribution in [-0.2, 0) is 4.79 Å². The fourth-order valence-electron chi connectivity index (χ4n) is 1.98. The minimum Gasteiger partial charge on any atom is -0.475 e. The lowest BCUT2D eigenvalue weighted by atomic mass is 10.1. The Labute approximate surface area is 123 Å². The van der Waals surface area contributed by atoms with Crippen molar-refractivity contribution in [2.45, 2.75) is 12.8 Å². The van der Waals surface area contributed by atoms with E-state index in [1.807, 2.05) is 36.4 Å². The maximum absolute atomic E-state index is 11.4. The summed E-state index contributed by atoms with van der Waals surface area (Å²) < 4.78 is 5.46. The number of nitrogens with one attached hydrogen (secondary N) is 1. The van der Waals surface area contributed by atoms with Crippen LogP contribution in [0, 0.1) is 5.92 Å². The molecule has 5 nitrogen and oxygen atoms in total. The number of rotatable bonds is 6. The minimum atomic E-state index is 0.129. The molecule has 0 aliphatic heterocycles. The van der Waals surface area contributed by atoms with Gasteiger partial charge in [0.15, 0.2) is 0 Å². The molecular weight excluding hydrogens is 266 g/mol. The van der Waals surface area contributed by atoms with Crippen LogP contribution in [0.4, 0.5) is 0 Å². The van der Waals surface area contributed by atoms with Gasteiger partial charge in [0.1, 0.15) is 6.61 Å². The summed E-state index contributed by atoms with van der Waals surface area (Å²) in [6, 6.07) is 13.5. The van der Waals surface area contributed by atoms with Gasteiger partial charge in [-0.1, -0.05) is 30.3 Å². The van der Waals surface area contributed by atoms with Crippen LogP contribution < -0.4 is 10.1 Å². The number of ether oxygens (including phenoxy) is 1. The van der Waals surface area contributed by atoms with Crippen LogP contribution >= 0.6 is 0 Å². The minimum absolute atomic E-state index is 0.129. The number of carbonyl (C=O) groups excluding carboxylic acids is 1. The molecule has 1 aromatic carbocycles. The van der Waals surface area contributed by atoms with E-state index in [0.29, 0.717) is 19.0 Å². The molecule has 0 unspecified atom stereocenters. The summed E-state index contributed by atoms with van der Waals surface area (Å²) in [4.78, 5) is 11.4. The average molecular weight is 283 g/mol. The zero-order valence-electron chi connectivity index (χ0n) is 11.7. The highest BCUT2D eigenvalue weighted by atomic mass is 16.5. The molecule has 21 heavy (non-hydrogen) atoms. The van der Waals surface area contributed by atoms with Gasteiger partial charge in [-0.25, -0.2) is 0 Å². The van der Waals surface area contributed by atoms with Crippen molar-refractivity contribution in [3.63, 3.8) is 0 Å². The lowest BCUT2D eigenvalue weighted by Crippen LogP contribution is -2.29. The van der Waals surface area contributed by atoms with Crippen molar-refractivity contribution in [2.24, 2.45) is 5.92 Å².